The molecule has 0 aliphatic carbocycles. The summed E-state index contributed by atoms with van der Waals surface area (Å²) in [7, 11) is 0. The molecule has 15 heavy (non-hydrogen) atoms. The Morgan fingerprint density at radius 3 is 2.87 bits per heavy atom. The Morgan fingerprint density at radius 2 is 2.13 bits per heavy atom. The third-order valence-electron chi connectivity index (χ3n) is 2.42. The standard InChI is InChI=1S/C11H15NO3/c12-6-5-8(13)11-7-14-9-3-1-2-4-10(9)15-11/h1-4,8,11,13H,5-7,12H2. The highest BCUT2D eigenvalue weighted by Crippen LogP contribution is 2.31. The molecule has 0 radical (unpaired) electrons. The fourth-order valence-electron chi connectivity index (χ4n) is 1.58. The number of nitrogens with two attached hydrogens (primary N) is 1. The molecule has 0 aromatic heterocycles. The molecule has 0 spiro atoms. The SMILES string of the molecule is NCCC(O)C1COc2ccccc2O1. The normalized spacial score (nSPS) is 21.1. The van der Waals surface area contributed by atoms with Crippen molar-refractivity contribution in [2.24, 2.45) is 5.73 Å². The van der Waals surface area contributed by atoms with E-state index < -0.39 is 6.10 Å². The minimum Gasteiger partial charge on any atom is -0.486 e. The Labute approximate surface area is 88.6 Å². The molecule has 1 heterocycles. The first-order valence-corrected chi connectivity index (χ1v) is 5.08. The molecule has 1 aromatic rings. The van der Waals surface area contributed by atoms with Crippen LogP contribution in [0.3, 0.4) is 0 Å². The van der Waals surface area contributed by atoms with Gasteiger partial charge < -0.3 is 20.3 Å². The maximum absolute atomic E-state index is 9.71. The molecule has 0 amide bonds. The van der Waals surface area contributed by atoms with Gasteiger partial charge in [-0.25, -0.2) is 0 Å². The minimum atomic E-state index is -0.566. The van der Waals surface area contributed by atoms with Crippen LogP contribution in [-0.2, 0) is 0 Å². The second-order valence-electron chi connectivity index (χ2n) is 3.56. The first-order chi connectivity index (χ1) is 7.31. The predicted octanol–water partition coefficient (Wildman–Crippen LogP) is 0.536. The lowest BCUT2D eigenvalue weighted by atomic mass is 10.1. The van der Waals surface area contributed by atoms with E-state index in [9.17, 15) is 5.11 Å². The van der Waals surface area contributed by atoms with Crippen molar-refractivity contribution in [1.82, 2.24) is 0 Å². The maximum Gasteiger partial charge on any atom is 0.161 e. The minimum absolute atomic E-state index is 0.316. The zero-order valence-corrected chi connectivity index (χ0v) is 8.43. The summed E-state index contributed by atoms with van der Waals surface area (Å²) < 4.78 is 11.1. The zero-order valence-electron chi connectivity index (χ0n) is 8.43. The van der Waals surface area contributed by atoms with Gasteiger partial charge in [-0.1, -0.05) is 12.1 Å². The number of ether oxygens (including phenoxy) is 2. The van der Waals surface area contributed by atoms with Crippen molar-refractivity contribution in [2.75, 3.05) is 13.2 Å². The fraction of sp³-hybridized carbons (Fsp3) is 0.455. The van der Waals surface area contributed by atoms with Crippen molar-refractivity contribution in [2.45, 2.75) is 18.6 Å². The molecule has 4 heteroatoms. The van der Waals surface area contributed by atoms with Crippen LogP contribution in [-0.4, -0.2) is 30.5 Å². The van der Waals surface area contributed by atoms with E-state index in [1.54, 1.807) is 0 Å². The largest absolute Gasteiger partial charge is 0.486 e. The van der Waals surface area contributed by atoms with E-state index in [1.165, 1.54) is 0 Å². The van der Waals surface area contributed by atoms with Gasteiger partial charge >= 0.3 is 0 Å². The van der Waals surface area contributed by atoms with E-state index in [-0.39, 0.29) is 6.10 Å². The molecule has 0 bridgehead atoms. The Balaban J connectivity index is 2.05. The van der Waals surface area contributed by atoms with E-state index in [4.69, 9.17) is 15.2 Å². The van der Waals surface area contributed by atoms with Gasteiger partial charge in [0.25, 0.3) is 0 Å². The summed E-state index contributed by atoms with van der Waals surface area (Å²) in [4.78, 5) is 0. The van der Waals surface area contributed by atoms with Crippen molar-refractivity contribution >= 4 is 0 Å². The van der Waals surface area contributed by atoms with E-state index in [0.29, 0.717) is 25.3 Å². The molecular formula is C11H15NO3. The highest BCUT2D eigenvalue weighted by atomic mass is 16.6. The van der Waals surface area contributed by atoms with Crippen LogP contribution in [0.1, 0.15) is 6.42 Å². The second kappa shape index (κ2) is 4.51. The van der Waals surface area contributed by atoms with Gasteiger partial charge in [0.05, 0.1) is 6.10 Å². The van der Waals surface area contributed by atoms with Crippen LogP contribution in [0.25, 0.3) is 0 Å². The quantitative estimate of drug-likeness (QED) is 0.762. The van der Waals surface area contributed by atoms with Crippen LogP contribution >= 0.6 is 0 Å². The molecule has 1 aromatic carbocycles. The molecule has 2 unspecified atom stereocenters. The lowest BCUT2D eigenvalue weighted by molar-refractivity contribution is -0.0123. The number of fused-ring (bicyclic) bond motifs is 1. The first kappa shape index (κ1) is 10.3. The molecule has 0 saturated carbocycles. The fourth-order valence-corrected chi connectivity index (χ4v) is 1.58. The summed E-state index contributed by atoms with van der Waals surface area (Å²) in [5.74, 6) is 1.42. The highest BCUT2D eigenvalue weighted by molar-refractivity contribution is 5.40. The van der Waals surface area contributed by atoms with Gasteiger partial charge in [-0.3, -0.25) is 0 Å². The van der Waals surface area contributed by atoms with Crippen LogP contribution in [0, 0.1) is 0 Å². The number of para-hydroxylation sites is 2. The molecule has 4 nitrogen and oxygen atoms in total. The maximum atomic E-state index is 9.71. The number of aliphatic hydroxyl groups is 1. The third kappa shape index (κ3) is 2.22. The molecule has 82 valence electrons. The summed E-state index contributed by atoms with van der Waals surface area (Å²) in [5.41, 5.74) is 5.37. The van der Waals surface area contributed by atoms with Gasteiger partial charge in [0.15, 0.2) is 17.6 Å². The Morgan fingerprint density at radius 1 is 1.40 bits per heavy atom. The number of hydrogen-bond acceptors (Lipinski definition) is 4. The zero-order chi connectivity index (χ0) is 10.7. The molecule has 1 aliphatic rings. The van der Waals surface area contributed by atoms with Gasteiger partial charge in [0, 0.05) is 0 Å². The molecule has 2 rings (SSSR count). The molecule has 1 aliphatic heterocycles. The number of aliphatic hydroxyl groups excluding tert-OH is 1. The Hall–Kier alpha value is -1.26. The molecule has 3 N–H and O–H groups in total. The van der Waals surface area contributed by atoms with Crippen molar-refractivity contribution in [3.05, 3.63) is 24.3 Å². The van der Waals surface area contributed by atoms with Gasteiger partial charge in [0.2, 0.25) is 0 Å². The average Bonchev–Trinajstić information content (AvgIpc) is 2.29. The summed E-state index contributed by atoms with van der Waals surface area (Å²) in [5, 5.41) is 9.71. The van der Waals surface area contributed by atoms with E-state index >= 15 is 0 Å². The number of rotatable bonds is 3. The lowest BCUT2D eigenvalue weighted by Gasteiger charge is -2.29. The monoisotopic (exact) mass is 209 g/mol. The highest BCUT2D eigenvalue weighted by Gasteiger charge is 2.26. The van der Waals surface area contributed by atoms with Crippen LogP contribution in [0.15, 0.2) is 24.3 Å². The average molecular weight is 209 g/mol. The van der Waals surface area contributed by atoms with Crippen molar-refractivity contribution in [3.8, 4) is 11.5 Å². The van der Waals surface area contributed by atoms with Crippen molar-refractivity contribution in [3.63, 3.8) is 0 Å². The van der Waals surface area contributed by atoms with E-state index in [0.717, 1.165) is 5.75 Å². The van der Waals surface area contributed by atoms with Gasteiger partial charge in [-0.05, 0) is 25.1 Å². The lowest BCUT2D eigenvalue weighted by Crippen LogP contribution is -2.40. The Bertz CT molecular complexity index is 329. The first-order valence-electron chi connectivity index (χ1n) is 5.08. The van der Waals surface area contributed by atoms with Crippen molar-refractivity contribution < 1.29 is 14.6 Å². The molecular weight excluding hydrogens is 194 g/mol. The van der Waals surface area contributed by atoms with Gasteiger partial charge in [0.1, 0.15) is 6.61 Å². The van der Waals surface area contributed by atoms with Crippen LogP contribution in [0.2, 0.25) is 0 Å². The van der Waals surface area contributed by atoms with Crippen LogP contribution < -0.4 is 15.2 Å². The van der Waals surface area contributed by atoms with E-state index in [2.05, 4.69) is 0 Å². The summed E-state index contributed by atoms with van der Waals surface area (Å²) >= 11 is 0. The van der Waals surface area contributed by atoms with Crippen molar-refractivity contribution in [1.29, 1.82) is 0 Å². The molecule has 0 fully saturated rings. The topological polar surface area (TPSA) is 64.7 Å². The Kier molecular flexibility index (Phi) is 3.08. The van der Waals surface area contributed by atoms with Gasteiger partial charge in [-0.2, -0.15) is 0 Å². The van der Waals surface area contributed by atoms with Crippen LogP contribution in [0.5, 0.6) is 11.5 Å². The summed E-state index contributed by atoms with van der Waals surface area (Å²) in [6.45, 7) is 0.820. The van der Waals surface area contributed by atoms with Gasteiger partial charge in [-0.15, -0.1) is 0 Å². The number of hydrogen-bond donors (Lipinski definition) is 2. The number of benzene rings is 1. The summed E-state index contributed by atoms with van der Waals surface area (Å²) in [6.07, 6.45) is -0.359. The second-order valence-corrected chi connectivity index (χ2v) is 3.56. The molecule has 0 saturated heterocycles. The summed E-state index contributed by atoms with van der Waals surface area (Å²) in [6, 6.07) is 7.44. The molecule has 2 atom stereocenters. The third-order valence-corrected chi connectivity index (χ3v) is 2.42. The van der Waals surface area contributed by atoms with Crippen LogP contribution in [0.4, 0.5) is 0 Å². The smallest absolute Gasteiger partial charge is 0.161 e. The predicted molar refractivity (Wildman–Crippen MR) is 56.0 cm³/mol. The van der Waals surface area contributed by atoms with E-state index in [1.807, 2.05) is 24.3 Å².